The number of aromatic nitrogens is 1. The predicted octanol–water partition coefficient (Wildman–Crippen LogP) is 5.02. The van der Waals surface area contributed by atoms with Crippen LogP contribution in [0.4, 0.5) is 16.5 Å². The Morgan fingerprint density at radius 2 is 1.82 bits per heavy atom. The lowest BCUT2D eigenvalue weighted by Crippen LogP contribution is -2.28. The molecular formula is C21H18N4OS2. The van der Waals surface area contributed by atoms with Crippen LogP contribution in [0.3, 0.4) is 0 Å². The van der Waals surface area contributed by atoms with E-state index in [1.54, 1.807) is 11.1 Å². The number of amidine groups is 1. The molecule has 1 amide bonds. The summed E-state index contributed by atoms with van der Waals surface area (Å²) in [5.41, 5.74) is 2.89. The maximum atomic E-state index is 13.2. The minimum atomic E-state index is -0.0804. The van der Waals surface area contributed by atoms with Gasteiger partial charge in [-0.2, -0.15) is 4.99 Å². The molecule has 0 saturated carbocycles. The second-order valence-electron chi connectivity index (χ2n) is 6.28. The molecule has 1 fully saturated rings. The Labute approximate surface area is 172 Å². The van der Waals surface area contributed by atoms with E-state index in [-0.39, 0.29) is 5.91 Å². The highest BCUT2D eigenvalue weighted by molar-refractivity contribution is 8.19. The van der Waals surface area contributed by atoms with E-state index in [9.17, 15) is 4.79 Å². The lowest BCUT2D eigenvalue weighted by molar-refractivity contribution is -0.113. The minimum absolute atomic E-state index is 0.0804. The fourth-order valence-electron chi connectivity index (χ4n) is 2.73. The molecule has 4 rings (SSSR count). The number of hydrogen-bond donors (Lipinski definition) is 0. The minimum Gasteiger partial charge on any atom is -0.378 e. The Hall–Kier alpha value is -2.90. The van der Waals surface area contributed by atoms with E-state index >= 15 is 0 Å². The van der Waals surface area contributed by atoms with Crippen LogP contribution >= 0.6 is 23.1 Å². The van der Waals surface area contributed by atoms with Crippen molar-refractivity contribution in [1.29, 1.82) is 0 Å². The van der Waals surface area contributed by atoms with Gasteiger partial charge in [-0.05, 0) is 47.7 Å². The van der Waals surface area contributed by atoms with Crippen molar-refractivity contribution in [3.8, 4) is 0 Å². The number of rotatable bonds is 4. The Bertz CT molecular complexity index is 1030. The zero-order chi connectivity index (χ0) is 19.5. The lowest BCUT2D eigenvalue weighted by atomic mass is 10.2. The number of carbonyl (C=O) groups excluding carboxylic acids is 1. The number of amides is 1. The molecule has 1 aromatic heterocycles. The van der Waals surface area contributed by atoms with E-state index in [4.69, 9.17) is 0 Å². The number of aliphatic imine (C=N–C) groups is 1. The summed E-state index contributed by atoms with van der Waals surface area (Å²) in [7, 11) is 4.01. The maximum Gasteiger partial charge on any atom is 0.271 e. The molecule has 2 heterocycles. The Balaban J connectivity index is 1.71. The van der Waals surface area contributed by atoms with E-state index in [1.807, 2.05) is 85.0 Å². The van der Waals surface area contributed by atoms with E-state index in [0.29, 0.717) is 15.2 Å². The van der Waals surface area contributed by atoms with Gasteiger partial charge in [0.05, 0.1) is 10.6 Å². The van der Waals surface area contributed by atoms with Crippen molar-refractivity contribution < 1.29 is 4.79 Å². The second kappa shape index (κ2) is 8.00. The molecule has 3 aromatic rings. The molecule has 2 aromatic carbocycles. The molecule has 7 heteroatoms. The van der Waals surface area contributed by atoms with Crippen LogP contribution in [-0.4, -0.2) is 30.2 Å². The maximum absolute atomic E-state index is 13.2. The Morgan fingerprint density at radius 3 is 2.46 bits per heavy atom. The van der Waals surface area contributed by atoms with Crippen LogP contribution in [0.15, 0.2) is 76.1 Å². The zero-order valence-corrected chi connectivity index (χ0v) is 17.1. The monoisotopic (exact) mass is 406 g/mol. The highest BCUT2D eigenvalue weighted by Crippen LogP contribution is 2.37. The first-order valence-electron chi connectivity index (χ1n) is 8.66. The number of thiazole rings is 1. The molecule has 1 aliphatic rings. The van der Waals surface area contributed by atoms with E-state index in [2.05, 4.69) is 9.98 Å². The van der Waals surface area contributed by atoms with Gasteiger partial charge in [-0.3, -0.25) is 9.69 Å². The summed E-state index contributed by atoms with van der Waals surface area (Å²) in [6.07, 6.45) is 3.62. The fraction of sp³-hybridized carbons (Fsp3) is 0.0952. The first-order chi connectivity index (χ1) is 13.6. The largest absolute Gasteiger partial charge is 0.378 e. The van der Waals surface area contributed by atoms with Gasteiger partial charge in [-0.15, -0.1) is 11.3 Å². The third-order valence-corrected chi connectivity index (χ3v) is 5.77. The highest BCUT2D eigenvalue weighted by Gasteiger charge is 2.34. The summed E-state index contributed by atoms with van der Waals surface area (Å²) in [4.78, 5) is 26.3. The van der Waals surface area contributed by atoms with Gasteiger partial charge >= 0.3 is 0 Å². The quantitative estimate of drug-likeness (QED) is 0.571. The summed E-state index contributed by atoms with van der Waals surface area (Å²) in [6.45, 7) is 0. The highest BCUT2D eigenvalue weighted by atomic mass is 32.2. The molecule has 5 nitrogen and oxygen atoms in total. The SMILES string of the molecule is CN(C)c1ccc(/C=C2\S/C(=N/c3nccs3)N(c3ccccc3)C2=O)cc1. The lowest BCUT2D eigenvalue weighted by Gasteiger charge is -2.14. The first-order valence-corrected chi connectivity index (χ1v) is 10.4. The van der Waals surface area contributed by atoms with Crippen molar-refractivity contribution in [2.45, 2.75) is 0 Å². The molecule has 140 valence electrons. The topological polar surface area (TPSA) is 48.8 Å². The summed E-state index contributed by atoms with van der Waals surface area (Å²) in [5.74, 6) is -0.0804. The molecule has 0 spiro atoms. The number of carbonyl (C=O) groups is 1. The van der Waals surface area contributed by atoms with Crippen molar-refractivity contribution >= 4 is 56.8 Å². The van der Waals surface area contributed by atoms with Gasteiger partial charge in [0.2, 0.25) is 5.13 Å². The van der Waals surface area contributed by atoms with Crippen LogP contribution in [0.2, 0.25) is 0 Å². The second-order valence-corrected chi connectivity index (χ2v) is 8.16. The summed E-state index contributed by atoms with van der Waals surface area (Å²) >= 11 is 2.81. The number of thioether (sulfide) groups is 1. The van der Waals surface area contributed by atoms with Crippen molar-refractivity contribution in [3.63, 3.8) is 0 Å². The predicted molar refractivity (Wildman–Crippen MR) is 119 cm³/mol. The third kappa shape index (κ3) is 3.85. The standard InChI is InChI=1S/C21H18N4OS2/c1-24(2)16-10-8-15(9-11-16)14-18-19(26)25(17-6-4-3-5-7-17)21(28-18)23-20-22-12-13-27-20/h3-14H,1-2H3/b18-14-,23-21+. The van der Waals surface area contributed by atoms with E-state index in [0.717, 1.165) is 16.9 Å². The molecule has 0 radical (unpaired) electrons. The summed E-state index contributed by atoms with van der Waals surface area (Å²) in [6, 6.07) is 17.7. The van der Waals surface area contributed by atoms with Crippen LogP contribution in [0.25, 0.3) is 6.08 Å². The average Bonchev–Trinajstić information content (AvgIpc) is 3.31. The van der Waals surface area contributed by atoms with Gasteiger partial charge in [-0.1, -0.05) is 30.3 Å². The van der Waals surface area contributed by atoms with Crippen molar-refractivity contribution in [2.24, 2.45) is 4.99 Å². The van der Waals surface area contributed by atoms with Crippen molar-refractivity contribution in [2.75, 3.05) is 23.9 Å². The van der Waals surface area contributed by atoms with E-state index in [1.165, 1.54) is 23.1 Å². The summed E-state index contributed by atoms with van der Waals surface area (Å²) in [5, 5.41) is 3.12. The Kier molecular flexibility index (Phi) is 5.27. The zero-order valence-electron chi connectivity index (χ0n) is 15.4. The smallest absolute Gasteiger partial charge is 0.271 e. The number of benzene rings is 2. The third-order valence-electron chi connectivity index (χ3n) is 4.14. The van der Waals surface area contributed by atoms with Crippen LogP contribution in [0, 0.1) is 0 Å². The number of anilines is 2. The van der Waals surface area contributed by atoms with Crippen molar-refractivity contribution in [3.05, 3.63) is 76.6 Å². The van der Waals surface area contributed by atoms with Gasteiger partial charge < -0.3 is 4.90 Å². The summed E-state index contributed by atoms with van der Waals surface area (Å²) < 4.78 is 0. The molecule has 0 bridgehead atoms. The van der Waals surface area contributed by atoms with Crippen LogP contribution in [0.1, 0.15) is 5.56 Å². The molecule has 0 aliphatic carbocycles. The molecule has 1 saturated heterocycles. The van der Waals surface area contributed by atoms with Gasteiger partial charge in [0, 0.05) is 31.4 Å². The first kappa shape index (κ1) is 18.5. The van der Waals surface area contributed by atoms with Gasteiger partial charge in [0.15, 0.2) is 5.17 Å². The number of nitrogens with zero attached hydrogens (tertiary/aromatic N) is 4. The Morgan fingerprint density at radius 1 is 1.07 bits per heavy atom. The van der Waals surface area contributed by atoms with Crippen LogP contribution in [0.5, 0.6) is 0 Å². The molecule has 0 atom stereocenters. The molecule has 1 aliphatic heterocycles. The van der Waals surface area contributed by atoms with Gasteiger partial charge in [0.1, 0.15) is 0 Å². The fourth-order valence-corrected chi connectivity index (χ4v) is 4.27. The molecule has 28 heavy (non-hydrogen) atoms. The molecule has 0 unspecified atom stereocenters. The van der Waals surface area contributed by atoms with Crippen LogP contribution in [-0.2, 0) is 4.79 Å². The molecule has 0 N–H and O–H groups in total. The van der Waals surface area contributed by atoms with Gasteiger partial charge in [0.25, 0.3) is 5.91 Å². The number of para-hydroxylation sites is 1. The van der Waals surface area contributed by atoms with Gasteiger partial charge in [-0.25, -0.2) is 4.98 Å². The van der Waals surface area contributed by atoms with E-state index < -0.39 is 0 Å². The van der Waals surface area contributed by atoms with Crippen molar-refractivity contribution in [1.82, 2.24) is 4.98 Å². The van der Waals surface area contributed by atoms with Crippen LogP contribution < -0.4 is 9.80 Å². The normalized spacial score (nSPS) is 16.9. The number of hydrogen-bond acceptors (Lipinski definition) is 6. The molecular weight excluding hydrogens is 388 g/mol. The average molecular weight is 407 g/mol.